The van der Waals surface area contributed by atoms with Gasteiger partial charge in [-0.3, -0.25) is 10.1 Å². The van der Waals surface area contributed by atoms with Crippen LogP contribution in [0.5, 0.6) is 0 Å². The van der Waals surface area contributed by atoms with Crippen molar-refractivity contribution in [1.29, 1.82) is 0 Å². The van der Waals surface area contributed by atoms with E-state index in [1.54, 1.807) is 29.1 Å². The van der Waals surface area contributed by atoms with Crippen LogP contribution in [0.2, 0.25) is 0 Å². The topological polar surface area (TPSA) is 111 Å². The number of hydrazone groups is 1. The van der Waals surface area contributed by atoms with E-state index in [2.05, 4.69) is 25.5 Å². The molecule has 0 spiro atoms. The second-order valence-electron chi connectivity index (χ2n) is 5.72. The predicted molar refractivity (Wildman–Crippen MR) is 97.1 cm³/mol. The lowest BCUT2D eigenvalue weighted by atomic mass is 10.1. The molecule has 0 aliphatic carbocycles. The van der Waals surface area contributed by atoms with Crippen molar-refractivity contribution in [3.05, 3.63) is 75.6 Å². The van der Waals surface area contributed by atoms with Gasteiger partial charge in [-0.25, -0.2) is 20.4 Å². The van der Waals surface area contributed by atoms with Gasteiger partial charge in [0.05, 0.1) is 4.92 Å². The molecule has 0 radical (unpaired) electrons. The highest BCUT2D eigenvalue weighted by Crippen LogP contribution is 2.17. The molecule has 9 nitrogen and oxygen atoms in total. The second kappa shape index (κ2) is 7.09. The Kier molecular flexibility index (Phi) is 4.70. The van der Waals surface area contributed by atoms with E-state index in [0.717, 1.165) is 11.4 Å². The number of nitrogens with zero attached hydrogens (tertiary/aromatic N) is 6. The van der Waals surface area contributed by atoms with E-state index < -0.39 is 4.92 Å². The molecule has 132 valence electrons. The Morgan fingerprint density at radius 2 is 1.96 bits per heavy atom. The lowest BCUT2D eigenvalue weighted by Crippen LogP contribution is -2.13. The summed E-state index contributed by atoms with van der Waals surface area (Å²) in [7, 11) is 1.82. The van der Waals surface area contributed by atoms with Gasteiger partial charge in [-0.15, -0.1) is 0 Å². The zero-order valence-electron chi connectivity index (χ0n) is 14.5. The highest BCUT2D eigenvalue weighted by atomic mass is 16.6. The number of nitro benzene ring substituents is 1. The smallest absolute Gasteiger partial charge is 0.270 e. The van der Waals surface area contributed by atoms with E-state index in [-0.39, 0.29) is 5.69 Å². The lowest BCUT2D eigenvalue weighted by molar-refractivity contribution is -0.384. The third kappa shape index (κ3) is 3.72. The summed E-state index contributed by atoms with van der Waals surface area (Å²) < 4.78 is 1.78. The highest BCUT2D eigenvalue weighted by molar-refractivity contribution is 6.11. The number of anilines is 1. The zero-order valence-corrected chi connectivity index (χ0v) is 14.5. The van der Waals surface area contributed by atoms with Crippen LogP contribution in [-0.2, 0) is 7.05 Å². The molecule has 0 atom stereocenters. The molecular weight excluding hydrogens is 334 g/mol. The summed E-state index contributed by atoms with van der Waals surface area (Å²) in [5.41, 5.74) is 5.44. The fraction of sp³-hybridized carbons (Fsp3) is 0.176. The summed E-state index contributed by atoms with van der Waals surface area (Å²) in [6.07, 6.45) is 3.41. The third-order valence-electron chi connectivity index (χ3n) is 3.61. The minimum absolute atomic E-state index is 0.0212. The number of imidazole rings is 1. The van der Waals surface area contributed by atoms with Crippen molar-refractivity contribution in [2.24, 2.45) is 12.1 Å². The molecule has 0 amide bonds. The number of hydrogen-bond acceptors (Lipinski definition) is 7. The van der Waals surface area contributed by atoms with Crippen LogP contribution >= 0.6 is 0 Å². The first-order chi connectivity index (χ1) is 12.4. The Morgan fingerprint density at radius 3 is 2.58 bits per heavy atom. The summed E-state index contributed by atoms with van der Waals surface area (Å²) in [6, 6.07) is 8.09. The predicted octanol–water partition coefficient (Wildman–Crippen LogP) is 2.60. The van der Waals surface area contributed by atoms with Crippen LogP contribution in [0.4, 0.5) is 11.6 Å². The van der Waals surface area contributed by atoms with E-state index in [1.165, 1.54) is 12.1 Å². The molecule has 1 aromatic carbocycles. The molecule has 0 saturated carbocycles. The minimum atomic E-state index is -0.444. The van der Waals surface area contributed by atoms with Gasteiger partial charge in [-0.2, -0.15) is 5.10 Å². The molecule has 0 aliphatic heterocycles. The molecule has 9 heteroatoms. The fourth-order valence-corrected chi connectivity index (χ4v) is 2.49. The van der Waals surface area contributed by atoms with Gasteiger partial charge in [-0.05, 0) is 19.9 Å². The highest BCUT2D eigenvalue weighted by Gasteiger charge is 2.16. The Morgan fingerprint density at radius 1 is 1.23 bits per heavy atom. The van der Waals surface area contributed by atoms with Gasteiger partial charge in [0.15, 0.2) is 5.82 Å². The first kappa shape index (κ1) is 17.2. The average Bonchev–Trinajstić information content (AvgIpc) is 3.00. The van der Waals surface area contributed by atoms with Crippen LogP contribution in [-0.4, -0.2) is 30.2 Å². The molecule has 0 fully saturated rings. The Bertz CT molecular complexity index is 974. The Hall–Kier alpha value is -3.62. The first-order valence-corrected chi connectivity index (χ1v) is 7.82. The largest absolute Gasteiger partial charge is 0.333 e. The maximum Gasteiger partial charge on any atom is 0.270 e. The molecule has 3 rings (SSSR count). The number of rotatable bonds is 5. The van der Waals surface area contributed by atoms with Gasteiger partial charge in [0.25, 0.3) is 5.69 Å². The van der Waals surface area contributed by atoms with Crippen molar-refractivity contribution in [2.45, 2.75) is 13.8 Å². The molecule has 2 aromatic heterocycles. The molecule has 26 heavy (non-hydrogen) atoms. The van der Waals surface area contributed by atoms with E-state index in [4.69, 9.17) is 0 Å². The number of aromatic nitrogens is 4. The zero-order chi connectivity index (χ0) is 18.7. The molecule has 2 heterocycles. The average molecular weight is 351 g/mol. The van der Waals surface area contributed by atoms with Crippen molar-refractivity contribution < 1.29 is 4.92 Å². The van der Waals surface area contributed by atoms with E-state index in [1.807, 2.05) is 27.0 Å². The van der Waals surface area contributed by atoms with Crippen LogP contribution < -0.4 is 5.43 Å². The number of nitro groups is 1. The number of non-ortho nitro benzene ring substituents is 1. The van der Waals surface area contributed by atoms with Crippen molar-refractivity contribution in [3.63, 3.8) is 0 Å². The van der Waals surface area contributed by atoms with Crippen LogP contribution in [0.1, 0.15) is 22.8 Å². The molecule has 3 aromatic rings. The molecule has 0 aliphatic rings. The molecule has 1 N–H and O–H groups in total. The summed E-state index contributed by atoms with van der Waals surface area (Å²) in [4.78, 5) is 23.5. The number of nitrogens with one attached hydrogen (secondary N) is 1. The molecule has 0 unspecified atom stereocenters. The second-order valence-corrected chi connectivity index (χ2v) is 5.72. The van der Waals surface area contributed by atoms with Crippen molar-refractivity contribution >= 4 is 17.3 Å². The van der Waals surface area contributed by atoms with Crippen LogP contribution in [0.15, 0.2) is 47.8 Å². The number of benzene rings is 1. The molecule has 0 saturated heterocycles. The molecular formula is C17H17N7O2. The van der Waals surface area contributed by atoms with Crippen molar-refractivity contribution in [3.8, 4) is 0 Å². The normalized spacial score (nSPS) is 11.4. The standard InChI is InChI=1S/C17H17N7O2/c1-11-9-12(2)20-17(19-11)22-21-15(16-18-7-8-23(16)3)13-5-4-6-14(10-13)24(25)26/h4-10H,1-3H3,(H,19,20,22)/b21-15-. The minimum Gasteiger partial charge on any atom is -0.333 e. The third-order valence-corrected chi connectivity index (χ3v) is 3.61. The van der Waals surface area contributed by atoms with Gasteiger partial charge < -0.3 is 4.57 Å². The number of hydrogen-bond donors (Lipinski definition) is 1. The van der Waals surface area contributed by atoms with Gasteiger partial charge in [0.2, 0.25) is 5.95 Å². The summed E-state index contributed by atoms with van der Waals surface area (Å²) in [6.45, 7) is 3.73. The van der Waals surface area contributed by atoms with Crippen molar-refractivity contribution in [1.82, 2.24) is 19.5 Å². The summed E-state index contributed by atoms with van der Waals surface area (Å²) in [5.74, 6) is 0.905. The maximum atomic E-state index is 11.1. The Labute approximate surface area is 149 Å². The quantitative estimate of drug-likeness (QED) is 0.430. The van der Waals surface area contributed by atoms with Crippen LogP contribution in [0, 0.1) is 24.0 Å². The van der Waals surface area contributed by atoms with Gasteiger partial charge in [0, 0.05) is 48.5 Å². The summed E-state index contributed by atoms with van der Waals surface area (Å²) in [5, 5.41) is 15.5. The first-order valence-electron chi connectivity index (χ1n) is 7.82. The molecule has 0 bridgehead atoms. The SMILES string of the molecule is Cc1cc(C)nc(N/N=C(/c2cccc([N+](=O)[O-])c2)c2nccn2C)n1. The van der Waals surface area contributed by atoms with Gasteiger partial charge in [-0.1, -0.05) is 12.1 Å². The van der Waals surface area contributed by atoms with Gasteiger partial charge in [0.1, 0.15) is 5.71 Å². The van der Waals surface area contributed by atoms with Crippen LogP contribution in [0.3, 0.4) is 0 Å². The van der Waals surface area contributed by atoms with Gasteiger partial charge >= 0.3 is 0 Å². The maximum absolute atomic E-state index is 11.1. The lowest BCUT2D eigenvalue weighted by Gasteiger charge is -2.08. The summed E-state index contributed by atoms with van der Waals surface area (Å²) >= 11 is 0. The van der Waals surface area contributed by atoms with E-state index >= 15 is 0 Å². The van der Waals surface area contributed by atoms with E-state index in [9.17, 15) is 10.1 Å². The van der Waals surface area contributed by atoms with Crippen LogP contribution in [0.25, 0.3) is 0 Å². The monoisotopic (exact) mass is 351 g/mol. The van der Waals surface area contributed by atoms with Crippen molar-refractivity contribution in [2.75, 3.05) is 5.43 Å². The fourth-order valence-electron chi connectivity index (χ4n) is 2.49. The van der Waals surface area contributed by atoms with E-state index in [0.29, 0.717) is 23.0 Å². The Balaban J connectivity index is 2.05. The number of aryl methyl sites for hydroxylation is 3.